The predicted molar refractivity (Wildman–Crippen MR) is 287 cm³/mol. The quantitative estimate of drug-likeness (QED) is 0.0869. The Morgan fingerprint density at radius 1 is 0.556 bits per heavy atom. The minimum atomic E-state index is -0.938. The molecule has 8 rings (SSSR count). The molecule has 4 aliphatic rings. The number of rotatable bonds is 15. The van der Waals surface area contributed by atoms with Crippen molar-refractivity contribution < 1.29 is 28.7 Å². The Hall–Kier alpha value is -4.96. The second kappa shape index (κ2) is 24.4. The van der Waals surface area contributed by atoms with Gasteiger partial charge in [-0.05, 0) is 91.2 Å². The van der Waals surface area contributed by atoms with Crippen molar-refractivity contribution in [1.82, 2.24) is 40.0 Å². The van der Waals surface area contributed by atoms with Gasteiger partial charge >= 0.3 is 12.2 Å². The lowest BCUT2D eigenvalue weighted by atomic mass is 9.83. The topological polar surface area (TPSA) is 153 Å². The summed E-state index contributed by atoms with van der Waals surface area (Å²) in [5.74, 6) is 0.985. The molecule has 2 aromatic carbocycles. The predicted octanol–water partition coefficient (Wildman–Crippen LogP) is 11.8. The number of aromatic nitrogens is 4. The van der Waals surface area contributed by atoms with Crippen LogP contribution in [0, 0.1) is 11.8 Å². The number of amides is 4. The summed E-state index contributed by atoms with van der Waals surface area (Å²) in [6, 6.07) is 22.3. The van der Waals surface area contributed by atoms with Gasteiger partial charge in [0.05, 0.1) is 34.9 Å². The number of hydrogen-bond acceptors (Lipinski definition) is 10. The van der Waals surface area contributed by atoms with E-state index in [0.29, 0.717) is 50.9 Å². The molecule has 14 nitrogen and oxygen atoms in total. The van der Waals surface area contributed by atoms with E-state index in [1.54, 1.807) is 0 Å². The van der Waals surface area contributed by atoms with E-state index in [1.165, 1.54) is 60.1 Å². The molecule has 0 radical (unpaired) electrons. The van der Waals surface area contributed by atoms with E-state index >= 15 is 9.59 Å². The molecule has 0 saturated heterocycles. The maximum absolute atomic E-state index is 15.3. The van der Waals surface area contributed by atoms with Crippen molar-refractivity contribution in [2.45, 2.75) is 180 Å². The Bertz CT molecular complexity index is 2250. The van der Waals surface area contributed by atoms with Crippen LogP contribution < -0.4 is 10.6 Å². The minimum Gasteiger partial charge on any atom is -0.444 e. The fourth-order valence-electron chi connectivity index (χ4n) is 11.1. The monoisotopic (exact) mass is 1020 g/mol. The molecule has 4 atom stereocenters. The van der Waals surface area contributed by atoms with Crippen LogP contribution in [0.2, 0.25) is 0 Å². The molecule has 0 spiro atoms. The third kappa shape index (κ3) is 14.4. The molecule has 2 fully saturated rings. The third-order valence-corrected chi connectivity index (χ3v) is 16.8. The van der Waals surface area contributed by atoms with Crippen LogP contribution in [0.3, 0.4) is 0 Å². The van der Waals surface area contributed by atoms with Gasteiger partial charge in [0, 0.05) is 48.8 Å². The van der Waals surface area contributed by atoms with Gasteiger partial charge in [-0.3, -0.25) is 19.0 Å². The van der Waals surface area contributed by atoms with Gasteiger partial charge in [0.25, 0.3) is 0 Å². The molecule has 2 aliphatic carbocycles. The Morgan fingerprint density at radius 2 is 0.931 bits per heavy atom. The molecule has 390 valence electrons. The van der Waals surface area contributed by atoms with Gasteiger partial charge in [0.2, 0.25) is 11.8 Å². The average Bonchev–Trinajstić information content (AvgIpc) is 3.89. The molecule has 0 bridgehead atoms. The van der Waals surface area contributed by atoms with E-state index in [4.69, 9.17) is 19.7 Å². The summed E-state index contributed by atoms with van der Waals surface area (Å²) in [6.45, 7) is 13.2. The number of nitrogens with one attached hydrogen (secondary N) is 2. The summed E-state index contributed by atoms with van der Waals surface area (Å²) in [6.07, 6.45) is 13.4. The first-order valence-corrected chi connectivity index (χ1v) is 29.2. The zero-order valence-electron chi connectivity index (χ0n) is 43.5. The second-order valence-electron chi connectivity index (χ2n) is 22.3. The van der Waals surface area contributed by atoms with E-state index in [1.807, 2.05) is 87.7 Å². The van der Waals surface area contributed by atoms with Gasteiger partial charge in [0.1, 0.15) is 23.3 Å². The van der Waals surface area contributed by atoms with Crippen LogP contribution in [0.1, 0.15) is 155 Å². The second-order valence-corrected chi connectivity index (χ2v) is 24.9. The molecule has 2 aliphatic heterocycles. The summed E-state index contributed by atoms with van der Waals surface area (Å²) in [5, 5.41) is 16.1. The summed E-state index contributed by atoms with van der Waals surface area (Å²) in [5.41, 5.74) is 4.31. The van der Waals surface area contributed by atoms with Crippen LogP contribution in [0.5, 0.6) is 0 Å². The van der Waals surface area contributed by atoms with E-state index in [0.717, 1.165) is 72.4 Å². The van der Waals surface area contributed by atoms with Crippen LogP contribution in [0.4, 0.5) is 9.59 Å². The lowest BCUT2D eigenvalue weighted by molar-refractivity contribution is -0.136. The Morgan fingerprint density at radius 3 is 1.29 bits per heavy atom. The lowest BCUT2D eigenvalue weighted by Gasteiger charge is -2.36. The van der Waals surface area contributed by atoms with Gasteiger partial charge in [-0.2, -0.15) is 10.2 Å². The summed E-state index contributed by atoms with van der Waals surface area (Å²) < 4.78 is 15.7. The smallest absolute Gasteiger partial charge is 0.408 e. The number of benzene rings is 2. The highest BCUT2D eigenvalue weighted by atomic mass is 33.1. The summed E-state index contributed by atoms with van der Waals surface area (Å²) >= 11 is 0. The highest BCUT2D eigenvalue weighted by Crippen LogP contribution is 2.41. The molecule has 2 unspecified atom stereocenters. The fraction of sp³-hybridized carbons (Fsp3) is 0.607. The average molecular weight is 1020 g/mol. The lowest BCUT2D eigenvalue weighted by Crippen LogP contribution is -2.52. The van der Waals surface area contributed by atoms with Gasteiger partial charge < -0.3 is 29.9 Å². The molecule has 2 saturated carbocycles. The van der Waals surface area contributed by atoms with Crippen LogP contribution in [-0.4, -0.2) is 101 Å². The number of alkyl carbamates (subject to hydrolysis) is 2. The zero-order valence-corrected chi connectivity index (χ0v) is 45.1. The molecule has 72 heavy (non-hydrogen) atoms. The van der Waals surface area contributed by atoms with Crippen molar-refractivity contribution >= 4 is 45.6 Å². The van der Waals surface area contributed by atoms with Crippen LogP contribution >= 0.6 is 21.6 Å². The number of carbonyl (C=O) groups is 4. The van der Waals surface area contributed by atoms with E-state index < -0.39 is 35.5 Å². The first-order chi connectivity index (χ1) is 34.6. The van der Waals surface area contributed by atoms with Gasteiger partial charge in [-0.15, -0.1) is 0 Å². The SMILES string of the molecule is CC(C)(C)OC(=O)N[C@@H](CSSC[C@H](NC(=O)OC(C)(C)C)C(=O)N1CCCn2nc(-c3ccccc3)cc2C1CC1CCCCC1)C(=O)N1CCCn2nc(-c3ccccc3)cc2C1CC1CCCCC1. The van der Waals surface area contributed by atoms with Crippen molar-refractivity contribution in [3.05, 3.63) is 84.2 Å². The van der Waals surface area contributed by atoms with Crippen molar-refractivity contribution in [2.24, 2.45) is 11.8 Å². The fourth-order valence-corrected chi connectivity index (χ4v) is 13.4. The molecule has 2 aromatic heterocycles. The summed E-state index contributed by atoms with van der Waals surface area (Å²) in [4.78, 5) is 61.9. The van der Waals surface area contributed by atoms with Crippen molar-refractivity contribution in [1.29, 1.82) is 0 Å². The molecular weight excluding hydrogens is 945 g/mol. The Kier molecular flexibility index (Phi) is 18.1. The Balaban J connectivity index is 1.05. The standard InChI is InChI=1S/C56H78N8O6S2/c1-55(2,3)69-53(67)57-45(51(65)61-29-19-31-63-49(47(61)33-39-21-11-7-12-22-39)35-43(59-63)41-25-15-9-16-26-41)37-71-72-38-46(58-54(68)70-56(4,5)6)52(66)62-30-20-32-64-50(48(62)34-40-23-13-8-14-24-40)36-44(60-64)42-27-17-10-18-28-42/h9-10,15-18,25-28,35-36,39-40,45-48H,7-8,11-14,19-24,29-34,37-38H2,1-6H3,(H,57,67)(H,58,68)/t45-,46-,47?,48?/m0/s1. The number of aryl methyl sites for hydroxylation is 2. The third-order valence-electron chi connectivity index (χ3n) is 14.4. The molecule has 4 aromatic rings. The normalized spacial score (nSPS) is 20.0. The number of nitrogens with zero attached hydrogens (tertiary/aromatic N) is 6. The maximum atomic E-state index is 15.3. The van der Waals surface area contributed by atoms with Crippen molar-refractivity contribution in [2.75, 3.05) is 24.6 Å². The minimum absolute atomic E-state index is 0.174. The number of hydrogen-bond donors (Lipinski definition) is 2. The summed E-state index contributed by atoms with van der Waals surface area (Å²) in [7, 11) is 2.81. The first-order valence-electron chi connectivity index (χ1n) is 26.7. The van der Waals surface area contributed by atoms with Gasteiger partial charge in [0.15, 0.2) is 0 Å². The first kappa shape index (κ1) is 53.3. The van der Waals surface area contributed by atoms with Crippen molar-refractivity contribution in [3.8, 4) is 22.5 Å². The van der Waals surface area contributed by atoms with Gasteiger partial charge in [-0.25, -0.2) is 9.59 Å². The highest BCUT2D eigenvalue weighted by molar-refractivity contribution is 8.76. The highest BCUT2D eigenvalue weighted by Gasteiger charge is 2.40. The molecule has 16 heteroatoms. The number of fused-ring (bicyclic) bond motifs is 2. The molecule has 4 amide bonds. The zero-order chi connectivity index (χ0) is 50.8. The van der Waals surface area contributed by atoms with Crippen LogP contribution in [-0.2, 0) is 32.2 Å². The maximum Gasteiger partial charge on any atom is 0.408 e. The molecular formula is C56H78N8O6S2. The Labute approximate surface area is 435 Å². The largest absolute Gasteiger partial charge is 0.444 e. The molecule has 4 heterocycles. The van der Waals surface area contributed by atoms with Crippen LogP contribution in [0.15, 0.2) is 72.8 Å². The van der Waals surface area contributed by atoms with E-state index in [9.17, 15) is 9.59 Å². The molecule has 2 N–H and O–H groups in total. The van der Waals surface area contributed by atoms with Gasteiger partial charge in [-0.1, -0.05) is 146 Å². The van der Waals surface area contributed by atoms with E-state index in [-0.39, 0.29) is 35.4 Å². The van der Waals surface area contributed by atoms with Crippen LogP contribution in [0.25, 0.3) is 22.5 Å². The van der Waals surface area contributed by atoms with Crippen molar-refractivity contribution in [3.63, 3.8) is 0 Å². The van der Waals surface area contributed by atoms with E-state index in [2.05, 4.69) is 56.4 Å². The number of ether oxygens (including phenoxy) is 2. The number of carbonyl (C=O) groups excluding carboxylic acids is 4.